The van der Waals surface area contributed by atoms with Crippen LogP contribution in [-0.4, -0.2) is 43.8 Å². The van der Waals surface area contributed by atoms with E-state index in [1.54, 1.807) is 54.6 Å². The Labute approximate surface area is 213 Å². The molecule has 0 bridgehead atoms. The number of hydrogen-bond donors (Lipinski definition) is 1. The molecule has 3 aromatic rings. The van der Waals surface area contributed by atoms with Crippen LogP contribution in [0.2, 0.25) is 0 Å². The van der Waals surface area contributed by atoms with Crippen molar-refractivity contribution < 1.29 is 28.6 Å². The van der Waals surface area contributed by atoms with Crippen LogP contribution in [0.15, 0.2) is 71.6 Å². The van der Waals surface area contributed by atoms with Crippen molar-refractivity contribution in [3.05, 3.63) is 72.3 Å². The van der Waals surface area contributed by atoms with Crippen molar-refractivity contribution in [2.75, 3.05) is 31.0 Å². The number of benzene rings is 3. The van der Waals surface area contributed by atoms with E-state index >= 15 is 0 Å². The number of anilines is 2. The normalized spacial score (nSPS) is 15.1. The van der Waals surface area contributed by atoms with Crippen molar-refractivity contribution in [1.29, 1.82) is 0 Å². The molecule has 1 unspecified atom stereocenters. The summed E-state index contributed by atoms with van der Waals surface area (Å²) in [5.41, 5.74) is 1.56. The zero-order chi connectivity index (χ0) is 25.7. The summed E-state index contributed by atoms with van der Waals surface area (Å²) in [6.45, 7) is 2.43. The standard InChI is InChI=1S/C27H26N2O6S/c1-4-35-20-10-8-19(9-11-20)29-25(30)16-24(27(29)32)36-21-12-6-18(7-13-21)28-26(31)17-5-14-22(33-2)23(15-17)34-3/h5-15,24H,4,16H2,1-3H3,(H,28,31). The SMILES string of the molecule is CCOc1ccc(N2C(=O)CC(Sc3ccc(NC(=O)c4ccc(OC)c(OC)c4)cc3)C2=O)cc1. The number of nitrogens with zero attached hydrogens (tertiary/aromatic N) is 1. The fourth-order valence-electron chi connectivity index (χ4n) is 3.79. The molecule has 1 heterocycles. The van der Waals surface area contributed by atoms with Gasteiger partial charge in [-0.1, -0.05) is 0 Å². The average Bonchev–Trinajstić information content (AvgIpc) is 3.17. The molecule has 36 heavy (non-hydrogen) atoms. The first-order valence-corrected chi connectivity index (χ1v) is 12.2. The van der Waals surface area contributed by atoms with Crippen LogP contribution in [0, 0.1) is 0 Å². The molecular weight excluding hydrogens is 480 g/mol. The predicted octanol–water partition coefficient (Wildman–Crippen LogP) is 4.78. The van der Waals surface area contributed by atoms with Gasteiger partial charge in [0.2, 0.25) is 11.8 Å². The Morgan fingerprint density at radius 3 is 2.31 bits per heavy atom. The van der Waals surface area contributed by atoms with Gasteiger partial charge < -0.3 is 19.5 Å². The summed E-state index contributed by atoms with van der Waals surface area (Å²) in [6, 6.07) is 19.0. The number of nitrogens with one attached hydrogen (secondary N) is 1. The Hall–Kier alpha value is -3.98. The summed E-state index contributed by atoms with van der Waals surface area (Å²) in [6.07, 6.45) is 0.120. The molecule has 0 spiro atoms. The molecule has 1 aliphatic rings. The van der Waals surface area contributed by atoms with Crippen LogP contribution in [0.5, 0.6) is 17.2 Å². The van der Waals surface area contributed by atoms with Gasteiger partial charge in [-0.15, -0.1) is 11.8 Å². The fourth-order valence-corrected chi connectivity index (χ4v) is 4.84. The molecule has 9 heteroatoms. The largest absolute Gasteiger partial charge is 0.494 e. The Morgan fingerprint density at radius 2 is 1.67 bits per heavy atom. The summed E-state index contributed by atoms with van der Waals surface area (Å²) in [5.74, 6) is 0.910. The van der Waals surface area contributed by atoms with Crippen LogP contribution in [0.3, 0.4) is 0 Å². The van der Waals surface area contributed by atoms with E-state index in [4.69, 9.17) is 14.2 Å². The Balaban J connectivity index is 1.39. The number of methoxy groups -OCH3 is 2. The molecule has 4 rings (SSSR count). The third-order valence-corrected chi connectivity index (χ3v) is 6.74. The first-order chi connectivity index (χ1) is 17.4. The monoisotopic (exact) mass is 506 g/mol. The number of rotatable bonds is 9. The lowest BCUT2D eigenvalue weighted by atomic mass is 10.2. The molecule has 3 aromatic carbocycles. The zero-order valence-electron chi connectivity index (χ0n) is 20.1. The summed E-state index contributed by atoms with van der Waals surface area (Å²) < 4.78 is 15.9. The third kappa shape index (κ3) is 5.46. The molecule has 0 aromatic heterocycles. The smallest absolute Gasteiger partial charge is 0.255 e. The van der Waals surface area contributed by atoms with Gasteiger partial charge in [-0.25, -0.2) is 4.90 Å². The molecule has 186 valence electrons. The van der Waals surface area contributed by atoms with Gasteiger partial charge in [-0.3, -0.25) is 14.4 Å². The highest BCUT2D eigenvalue weighted by Crippen LogP contribution is 2.35. The number of carbonyl (C=O) groups is 3. The fraction of sp³-hybridized carbons (Fsp3) is 0.222. The van der Waals surface area contributed by atoms with E-state index in [2.05, 4.69) is 5.32 Å². The van der Waals surface area contributed by atoms with Crippen LogP contribution in [-0.2, 0) is 9.59 Å². The molecule has 1 saturated heterocycles. The second kappa shape index (κ2) is 11.2. The lowest BCUT2D eigenvalue weighted by molar-refractivity contribution is -0.121. The predicted molar refractivity (Wildman–Crippen MR) is 138 cm³/mol. The number of thioether (sulfide) groups is 1. The van der Waals surface area contributed by atoms with Crippen molar-refractivity contribution in [3.63, 3.8) is 0 Å². The molecule has 1 fully saturated rings. The Kier molecular flexibility index (Phi) is 7.80. The Bertz CT molecular complexity index is 1260. The molecule has 0 saturated carbocycles. The van der Waals surface area contributed by atoms with E-state index in [1.165, 1.54) is 30.9 Å². The lowest BCUT2D eigenvalue weighted by Gasteiger charge is -2.15. The van der Waals surface area contributed by atoms with Crippen molar-refractivity contribution in [2.45, 2.75) is 23.5 Å². The van der Waals surface area contributed by atoms with E-state index in [0.29, 0.717) is 40.8 Å². The maximum Gasteiger partial charge on any atom is 0.255 e. The van der Waals surface area contributed by atoms with E-state index in [0.717, 1.165) is 4.90 Å². The average molecular weight is 507 g/mol. The first kappa shape index (κ1) is 25.1. The minimum Gasteiger partial charge on any atom is -0.494 e. The number of amides is 3. The van der Waals surface area contributed by atoms with Crippen LogP contribution in [0.25, 0.3) is 0 Å². The summed E-state index contributed by atoms with van der Waals surface area (Å²) >= 11 is 1.33. The highest BCUT2D eigenvalue weighted by atomic mass is 32.2. The van der Waals surface area contributed by atoms with Crippen LogP contribution < -0.4 is 24.4 Å². The maximum atomic E-state index is 13.0. The van der Waals surface area contributed by atoms with Crippen molar-refractivity contribution in [3.8, 4) is 17.2 Å². The van der Waals surface area contributed by atoms with E-state index < -0.39 is 5.25 Å². The van der Waals surface area contributed by atoms with Gasteiger partial charge in [0.1, 0.15) is 5.75 Å². The Morgan fingerprint density at radius 1 is 0.972 bits per heavy atom. The highest BCUT2D eigenvalue weighted by Gasteiger charge is 2.40. The summed E-state index contributed by atoms with van der Waals surface area (Å²) in [7, 11) is 3.04. The molecule has 1 aliphatic heterocycles. The van der Waals surface area contributed by atoms with Crippen molar-refractivity contribution in [2.24, 2.45) is 0 Å². The number of hydrogen-bond acceptors (Lipinski definition) is 7. The third-order valence-electron chi connectivity index (χ3n) is 5.55. The minimum atomic E-state index is -0.517. The summed E-state index contributed by atoms with van der Waals surface area (Å²) in [4.78, 5) is 40.3. The van der Waals surface area contributed by atoms with Crippen LogP contribution >= 0.6 is 11.8 Å². The zero-order valence-corrected chi connectivity index (χ0v) is 21.0. The van der Waals surface area contributed by atoms with Gasteiger partial charge in [0.15, 0.2) is 11.5 Å². The van der Waals surface area contributed by atoms with Gasteiger partial charge in [-0.05, 0) is 73.7 Å². The molecule has 0 aliphatic carbocycles. The molecule has 1 atom stereocenters. The van der Waals surface area contributed by atoms with E-state index in [-0.39, 0.29) is 24.1 Å². The van der Waals surface area contributed by atoms with E-state index in [1.807, 2.05) is 19.1 Å². The van der Waals surface area contributed by atoms with Crippen LogP contribution in [0.1, 0.15) is 23.7 Å². The van der Waals surface area contributed by atoms with Gasteiger partial charge in [0.25, 0.3) is 5.91 Å². The number of ether oxygens (including phenoxy) is 3. The lowest BCUT2D eigenvalue weighted by Crippen LogP contribution is -2.31. The van der Waals surface area contributed by atoms with Gasteiger partial charge in [0.05, 0.1) is 31.8 Å². The van der Waals surface area contributed by atoms with Gasteiger partial charge >= 0.3 is 0 Å². The second-order valence-corrected chi connectivity index (χ2v) is 9.13. The van der Waals surface area contributed by atoms with Crippen molar-refractivity contribution >= 4 is 40.9 Å². The number of imide groups is 1. The molecule has 1 N–H and O–H groups in total. The maximum absolute atomic E-state index is 13.0. The van der Waals surface area contributed by atoms with Gasteiger partial charge in [0, 0.05) is 22.6 Å². The highest BCUT2D eigenvalue weighted by molar-refractivity contribution is 8.00. The van der Waals surface area contributed by atoms with E-state index in [9.17, 15) is 14.4 Å². The van der Waals surface area contributed by atoms with Crippen molar-refractivity contribution in [1.82, 2.24) is 0 Å². The topological polar surface area (TPSA) is 94.2 Å². The van der Waals surface area contributed by atoms with Crippen LogP contribution in [0.4, 0.5) is 11.4 Å². The number of carbonyl (C=O) groups excluding carboxylic acids is 3. The molecule has 3 amide bonds. The van der Waals surface area contributed by atoms with Gasteiger partial charge in [-0.2, -0.15) is 0 Å². The quantitative estimate of drug-likeness (QED) is 0.418. The first-order valence-electron chi connectivity index (χ1n) is 11.3. The molecule has 0 radical (unpaired) electrons. The molecule has 8 nitrogen and oxygen atoms in total. The summed E-state index contributed by atoms with van der Waals surface area (Å²) in [5, 5.41) is 2.32. The molecular formula is C27H26N2O6S. The minimum absolute atomic E-state index is 0.120. The second-order valence-electron chi connectivity index (χ2n) is 7.85.